The van der Waals surface area contributed by atoms with Gasteiger partial charge >= 0.3 is 0 Å². The van der Waals surface area contributed by atoms with E-state index >= 15 is 0 Å². The average molecular weight is 281 g/mol. The number of aromatic nitrogens is 3. The van der Waals surface area contributed by atoms with Crippen molar-refractivity contribution in [3.8, 4) is 6.07 Å². The molecule has 0 bridgehead atoms. The van der Waals surface area contributed by atoms with Gasteiger partial charge < -0.3 is 0 Å². The van der Waals surface area contributed by atoms with E-state index in [9.17, 15) is 4.79 Å². The number of nitriles is 1. The lowest BCUT2D eigenvalue weighted by molar-refractivity contribution is 0.0967. The summed E-state index contributed by atoms with van der Waals surface area (Å²) in [5.74, 6) is -0.212. The zero-order valence-electron chi connectivity index (χ0n) is 8.97. The highest BCUT2D eigenvalue weighted by Crippen LogP contribution is 2.21. The van der Waals surface area contributed by atoms with E-state index < -0.39 is 0 Å². The summed E-state index contributed by atoms with van der Waals surface area (Å²) in [6.07, 6.45) is 1.32. The average Bonchev–Trinajstić information content (AvgIpc) is 2.76. The molecule has 1 aromatic heterocycles. The molecule has 1 aromatic carbocycles. The van der Waals surface area contributed by atoms with Crippen molar-refractivity contribution in [1.29, 1.82) is 5.26 Å². The number of nitrogens with zero attached hydrogens (tertiary/aromatic N) is 4. The molecular weight excluding hydrogens is 275 g/mol. The molecule has 2 rings (SSSR count). The molecule has 0 aliphatic rings. The third-order valence-corrected chi connectivity index (χ3v) is 2.72. The van der Waals surface area contributed by atoms with Gasteiger partial charge in [0.2, 0.25) is 0 Å². The Morgan fingerprint density at radius 3 is 2.83 bits per heavy atom. The van der Waals surface area contributed by atoms with Crippen LogP contribution in [0.1, 0.15) is 16.2 Å². The van der Waals surface area contributed by atoms with Gasteiger partial charge in [-0.3, -0.25) is 4.79 Å². The van der Waals surface area contributed by atoms with Gasteiger partial charge in [0.05, 0.1) is 5.02 Å². The number of hydrogen-bond donors (Lipinski definition) is 0. The van der Waals surface area contributed by atoms with Crippen molar-refractivity contribution in [3.63, 3.8) is 0 Å². The fraction of sp³-hybridized carbons (Fsp3) is 0.0909. The van der Waals surface area contributed by atoms with E-state index in [2.05, 4.69) is 10.1 Å². The molecule has 0 amide bonds. The Kier molecular flexibility index (Phi) is 3.60. The van der Waals surface area contributed by atoms with Crippen molar-refractivity contribution in [3.05, 3.63) is 46.0 Å². The van der Waals surface area contributed by atoms with Crippen LogP contribution in [0.5, 0.6) is 0 Å². The van der Waals surface area contributed by atoms with E-state index in [1.165, 1.54) is 17.1 Å². The van der Waals surface area contributed by atoms with Crippen LogP contribution in [0.15, 0.2) is 24.5 Å². The number of hydrogen-bond acceptors (Lipinski definition) is 4. The minimum Gasteiger partial charge on any atom is -0.292 e. The van der Waals surface area contributed by atoms with Crippen molar-refractivity contribution >= 4 is 29.0 Å². The van der Waals surface area contributed by atoms with Gasteiger partial charge in [0, 0.05) is 10.6 Å². The molecule has 0 atom stereocenters. The highest BCUT2D eigenvalue weighted by atomic mass is 35.5. The summed E-state index contributed by atoms with van der Waals surface area (Å²) >= 11 is 11.7. The molecule has 18 heavy (non-hydrogen) atoms. The Bertz CT molecular complexity index is 645. The van der Waals surface area contributed by atoms with Crippen LogP contribution < -0.4 is 0 Å². The number of rotatable bonds is 3. The van der Waals surface area contributed by atoms with Gasteiger partial charge in [0.25, 0.3) is 5.82 Å². The van der Waals surface area contributed by atoms with E-state index in [1.807, 2.05) is 0 Å². The fourth-order valence-corrected chi connectivity index (χ4v) is 1.88. The van der Waals surface area contributed by atoms with Crippen LogP contribution in [0.4, 0.5) is 0 Å². The molecule has 0 spiro atoms. The molecule has 0 unspecified atom stereocenters. The highest BCUT2D eigenvalue weighted by Gasteiger charge is 2.12. The first-order valence-corrected chi connectivity index (χ1v) is 5.63. The monoisotopic (exact) mass is 280 g/mol. The summed E-state index contributed by atoms with van der Waals surface area (Å²) in [5, 5.41) is 13.1. The first-order valence-electron chi connectivity index (χ1n) is 4.88. The summed E-state index contributed by atoms with van der Waals surface area (Å²) in [6, 6.07) is 6.42. The molecule has 0 fully saturated rings. The number of carbonyl (C=O) groups excluding carboxylic acids is 1. The molecule has 0 N–H and O–H groups in total. The lowest BCUT2D eigenvalue weighted by Crippen LogP contribution is -2.11. The number of carbonyl (C=O) groups is 1. The fourth-order valence-electron chi connectivity index (χ4n) is 1.37. The summed E-state index contributed by atoms with van der Waals surface area (Å²) in [7, 11) is 0. The summed E-state index contributed by atoms with van der Waals surface area (Å²) in [6.45, 7) is -0.0317. The van der Waals surface area contributed by atoms with Crippen LogP contribution in [-0.4, -0.2) is 20.5 Å². The third-order valence-electron chi connectivity index (χ3n) is 2.17. The van der Waals surface area contributed by atoms with Crippen molar-refractivity contribution in [1.82, 2.24) is 14.8 Å². The molecule has 5 nitrogen and oxygen atoms in total. The standard InChI is InChI=1S/C11H6Cl2N4O/c12-7-1-2-8(9(13)3-7)10(18)5-17-6-15-11(4-14)16-17/h1-3,6H,5H2. The zero-order chi connectivity index (χ0) is 13.1. The van der Waals surface area contributed by atoms with Crippen molar-refractivity contribution < 1.29 is 4.79 Å². The molecule has 0 aliphatic heterocycles. The molecule has 0 saturated heterocycles. The van der Waals surface area contributed by atoms with Gasteiger partial charge in [-0.2, -0.15) is 5.26 Å². The number of benzene rings is 1. The molecule has 90 valence electrons. The maximum atomic E-state index is 11.9. The molecule has 7 heteroatoms. The van der Waals surface area contributed by atoms with Gasteiger partial charge in [-0.05, 0) is 18.2 Å². The predicted octanol–water partition coefficient (Wildman–Crippen LogP) is 2.34. The Hall–Kier alpha value is -1.90. The van der Waals surface area contributed by atoms with Crippen LogP contribution in [0, 0.1) is 11.3 Å². The Morgan fingerprint density at radius 2 is 2.22 bits per heavy atom. The minimum absolute atomic E-state index is 0.0185. The number of Topliss-reactive ketones (excluding diaryl/α,β-unsaturated/α-hetero) is 1. The summed E-state index contributed by atoms with van der Waals surface area (Å²) in [5.41, 5.74) is 0.357. The van der Waals surface area contributed by atoms with Crippen LogP contribution in [0.2, 0.25) is 10.0 Å². The predicted molar refractivity (Wildman–Crippen MR) is 65.5 cm³/mol. The number of halogens is 2. The van der Waals surface area contributed by atoms with Crippen LogP contribution >= 0.6 is 23.2 Å². The molecular formula is C11H6Cl2N4O. The lowest BCUT2D eigenvalue weighted by Gasteiger charge is -2.03. The zero-order valence-corrected chi connectivity index (χ0v) is 10.5. The van der Waals surface area contributed by atoms with Gasteiger partial charge in [-0.15, -0.1) is 5.10 Å². The van der Waals surface area contributed by atoms with Gasteiger partial charge in [0.1, 0.15) is 18.9 Å². The van der Waals surface area contributed by atoms with Crippen molar-refractivity contribution in [2.24, 2.45) is 0 Å². The van der Waals surface area contributed by atoms with E-state index in [0.29, 0.717) is 10.6 Å². The first kappa shape index (κ1) is 12.6. The third kappa shape index (κ3) is 2.67. The Morgan fingerprint density at radius 1 is 1.44 bits per heavy atom. The second kappa shape index (κ2) is 5.17. The van der Waals surface area contributed by atoms with E-state index in [4.69, 9.17) is 28.5 Å². The van der Waals surface area contributed by atoms with E-state index in [0.717, 1.165) is 0 Å². The van der Waals surface area contributed by atoms with E-state index in [-0.39, 0.29) is 23.2 Å². The van der Waals surface area contributed by atoms with Gasteiger partial charge in [-0.25, -0.2) is 9.67 Å². The number of ketones is 1. The quantitative estimate of drug-likeness (QED) is 0.809. The maximum Gasteiger partial charge on any atom is 0.252 e. The van der Waals surface area contributed by atoms with Crippen LogP contribution in [0.3, 0.4) is 0 Å². The van der Waals surface area contributed by atoms with Gasteiger partial charge in [0.15, 0.2) is 5.78 Å². The lowest BCUT2D eigenvalue weighted by atomic mass is 10.1. The van der Waals surface area contributed by atoms with Gasteiger partial charge in [-0.1, -0.05) is 23.2 Å². The highest BCUT2D eigenvalue weighted by molar-refractivity contribution is 6.36. The molecule has 2 aromatic rings. The molecule has 0 saturated carbocycles. The SMILES string of the molecule is N#Cc1ncn(CC(=O)c2ccc(Cl)cc2Cl)n1. The van der Waals surface area contributed by atoms with Crippen LogP contribution in [-0.2, 0) is 6.54 Å². The second-order valence-corrected chi connectivity index (χ2v) is 4.27. The first-order chi connectivity index (χ1) is 8.60. The van der Waals surface area contributed by atoms with Crippen molar-refractivity contribution in [2.75, 3.05) is 0 Å². The maximum absolute atomic E-state index is 11.9. The minimum atomic E-state index is -0.231. The molecule has 0 aliphatic carbocycles. The largest absolute Gasteiger partial charge is 0.292 e. The smallest absolute Gasteiger partial charge is 0.252 e. The van der Waals surface area contributed by atoms with Crippen LogP contribution in [0.25, 0.3) is 0 Å². The Balaban J connectivity index is 2.19. The Labute approximate surface area is 113 Å². The molecule has 1 heterocycles. The van der Waals surface area contributed by atoms with Crippen molar-refractivity contribution in [2.45, 2.75) is 6.54 Å². The van der Waals surface area contributed by atoms with E-state index in [1.54, 1.807) is 18.2 Å². The normalized spacial score (nSPS) is 10.1. The topological polar surface area (TPSA) is 71.6 Å². The summed E-state index contributed by atoms with van der Waals surface area (Å²) in [4.78, 5) is 15.6. The molecule has 0 radical (unpaired) electrons. The second-order valence-electron chi connectivity index (χ2n) is 3.42. The summed E-state index contributed by atoms with van der Waals surface area (Å²) < 4.78 is 1.28.